The number of hydrogen-bond donors (Lipinski definition) is 2. The van der Waals surface area contributed by atoms with Gasteiger partial charge in [-0.3, -0.25) is 0 Å². The van der Waals surface area contributed by atoms with Crippen LogP contribution < -0.4 is 14.8 Å². The fraction of sp³-hybridized carbons (Fsp3) is 0.455. The molecule has 1 rings (SSSR count). The monoisotopic (exact) mass is 211 g/mol. The maximum atomic E-state index is 9.18. The fourth-order valence-corrected chi connectivity index (χ4v) is 1.45. The molecule has 0 bridgehead atoms. The summed E-state index contributed by atoms with van der Waals surface area (Å²) in [5.74, 6) is 1.45. The molecule has 0 unspecified atom stereocenters. The van der Waals surface area contributed by atoms with Gasteiger partial charge in [0.15, 0.2) is 0 Å². The lowest BCUT2D eigenvalue weighted by Gasteiger charge is -2.17. The first kappa shape index (κ1) is 11.8. The van der Waals surface area contributed by atoms with Crippen molar-refractivity contribution in [1.82, 2.24) is 5.32 Å². The van der Waals surface area contributed by atoms with Crippen molar-refractivity contribution < 1.29 is 14.6 Å². The highest BCUT2D eigenvalue weighted by molar-refractivity contribution is 5.42. The largest absolute Gasteiger partial charge is 0.497 e. The molecule has 84 valence electrons. The molecule has 0 aliphatic heterocycles. The van der Waals surface area contributed by atoms with Crippen molar-refractivity contribution in [3.8, 4) is 11.5 Å². The van der Waals surface area contributed by atoms with Crippen LogP contribution in [-0.4, -0.2) is 33.0 Å². The molecule has 4 nitrogen and oxygen atoms in total. The number of nitrogens with one attached hydrogen (secondary N) is 1. The van der Waals surface area contributed by atoms with Gasteiger partial charge in [0.05, 0.1) is 26.9 Å². The van der Waals surface area contributed by atoms with Crippen molar-refractivity contribution in [2.75, 3.05) is 27.9 Å². The van der Waals surface area contributed by atoms with Gasteiger partial charge in [-0.15, -0.1) is 0 Å². The lowest BCUT2D eigenvalue weighted by atomic mass is 10.1. The Balaban J connectivity index is 3.06. The van der Waals surface area contributed by atoms with Crippen LogP contribution >= 0.6 is 0 Å². The summed E-state index contributed by atoms with van der Waals surface area (Å²) in [5, 5.41) is 12.2. The van der Waals surface area contributed by atoms with Gasteiger partial charge in [-0.25, -0.2) is 0 Å². The van der Waals surface area contributed by atoms with Crippen molar-refractivity contribution in [3.05, 3.63) is 23.8 Å². The van der Waals surface area contributed by atoms with E-state index in [4.69, 9.17) is 9.47 Å². The zero-order valence-corrected chi connectivity index (χ0v) is 9.28. The average molecular weight is 211 g/mol. The lowest BCUT2D eigenvalue weighted by Crippen LogP contribution is -2.20. The lowest BCUT2D eigenvalue weighted by molar-refractivity contribution is 0.247. The fourth-order valence-electron chi connectivity index (χ4n) is 1.45. The number of hydrogen-bond acceptors (Lipinski definition) is 4. The molecule has 0 fully saturated rings. The summed E-state index contributed by atoms with van der Waals surface area (Å²) >= 11 is 0. The van der Waals surface area contributed by atoms with Gasteiger partial charge in [0, 0.05) is 11.6 Å². The third kappa shape index (κ3) is 2.61. The standard InChI is InChI=1S/C11H17NO3/c1-12-10(7-13)9-5-4-8(14-2)6-11(9)15-3/h4-6,10,12-13H,7H2,1-3H3/t10-/m1/s1. The third-order valence-electron chi connectivity index (χ3n) is 2.35. The molecule has 0 heterocycles. The van der Waals surface area contributed by atoms with Crippen LogP contribution in [0.3, 0.4) is 0 Å². The van der Waals surface area contributed by atoms with Gasteiger partial charge in [0.25, 0.3) is 0 Å². The Morgan fingerprint density at radius 1 is 1.33 bits per heavy atom. The number of methoxy groups -OCH3 is 2. The predicted molar refractivity (Wildman–Crippen MR) is 58.4 cm³/mol. The van der Waals surface area contributed by atoms with E-state index in [2.05, 4.69) is 5.32 Å². The van der Waals surface area contributed by atoms with E-state index in [0.29, 0.717) is 5.75 Å². The molecule has 1 aromatic carbocycles. The zero-order valence-electron chi connectivity index (χ0n) is 9.28. The summed E-state index contributed by atoms with van der Waals surface area (Å²) in [6.07, 6.45) is 0. The molecule has 15 heavy (non-hydrogen) atoms. The summed E-state index contributed by atoms with van der Waals surface area (Å²) < 4.78 is 10.3. The molecule has 0 aliphatic rings. The highest BCUT2D eigenvalue weighted by atomic mass is 16.5. The van der Waals surface area contributed by atoms with Crippen LogP contribution in [0.25, 0.3) is 0 Å². The highest BCUT2D eigenvalue weighted by Gasteiger charge is 2.13. The SMILES string of the molecule is CN[C@H](CO)c1ccc(OC)cc1OC. The summed E-state index contributed by atoms with van der Waals surface area (Å²) in [7, 11) is 5.00. The van der Waals surface area contributed by atoms with E-state index in [1.807, 2.05) is 12.1 Å². The van der Waals surface area contributed by atoms with Crippen LogP contribution in [0.4, 0.5) is 0 Å². The Morgan fingerprint density at radius 3 is 2.53 bits per heavy atom. The number of rotatable bonds is 5. The van der Waals surface area contributed by atoms with Crippen LogP contribution in [0.2, 0.25) is 0 Å². The van der Waals surface area contributed by atoms with Gasteiger partial charge in [-0.05, 0) is 19.2 Å². The maximum Gasteiger partial charge on any atom is 0.127 e. The minimum absolute atomic E-state index is 0.0270. The third-order valence-corrected chi connectivity index (χ3v) is 2.35. The molecule has 0 saturated carbocycles. The second-order valence-electron chi connectivity index (χ2n) is 3.13. The summed E-state index contributed by atoms with van der Waals surface area (Å²) in [6.45, 7) is 0.0270. The van der Waals surface area contributed by atoms with E-state index in [1.165, 1.54) is 0 Å². The van der Waals surface area contributed by atoms with Gasteiger partial charge >= 0.3 is 0 Å². The Morgan fingerprint density at radius 2 is 2.07 bits per heavy atom. The zero-order chi connectivity index (χ0) is 11.3. The Kier molecular flexibility index (Phi) is 4.39. The number of benzene rings is 1. The average Bonchev–Trinajstić information content (AvgIpc) is 2.31. The Labute approximate surface area is 89.8 Å². The van der Waals surface area contributed by atoms with E-state index >= 15 is 0 Å². The second kappa shape index (κ2) is 5.58. The van der Waals surface area contributed by atoms with Crippen molar-refractivity contribution in [2.24, 2.45) is 0 Å². The van der Waals surface area contributed by atoms with E-state index in [-0.39, 0.29) is 12.6 Å². The van der Waals surface area contributed by atoms with Crippen molar-refractivity contribution in [3.63, 3.8) is 0 Å². The highest BCUT2D eigenvalue weighted by Crippen LogP contribution is 2.28. The number of aliphatic hydroxyl groups excluding tert-OH is 1. The van der Waals surface area contributed by atoms with Crippen molar-refractivity contribution in [2.45, 2.75) is 6.04 Å². The Hall–Kier alpha value is -1.26. The molecule has 0 aromatic heterocycles. The molecule has 2 N–H and O–H groups in total. The van der Waals surface area contributed by atoms with Gasteiger partial charge in [-0.1, -0.05) is 0 Å². The first-order chi connectivity index (χ1) is 7.26. The van der Waals surface area contributed by atoms with E-state index in [1.54, 1.807) is 27.3 Å². The van der Waals surface area contributed by atoms with E-state index in [9.17, 15) is 5.11 Å². The molecular formula is C11H17NO3. The molecule has 0 saturated heterocycles. The van der Waals surface area contributed by atoms with Gasteiger partial charge < -0.3 is 19.9 Å². The molecule has 1 atom stereocenters. The van der Waals surface area contributed by atoms with Crippen LogP contribution in [0.5, 0.6) is 11.5 Å². The Bertz CT molecular complexity index is 311. The number of likely N-dealkylation sites (N-methyl/N-ethyl adjacent to an activating group) is 1. The van der Waals surface area contributed by atoms with Gasteiger partial charge in [0.1, 0.15) is 11.5 Å². The van der Waals surface area contributed by atoms with E-state index in [0.717, 1.165) is 11.3 Å². The molecule has 0 spiro atoms. The minimum Gasteiger partial charge on any atom is -0.497 e. The molecule has 1 aromatic rings. The van der Waals surface area contributed by atoms with Crippen molar-refractivity contribution in [1.29, 1.82) is 0 Å². The quantitative estimate of drug-likeness (QED) is 0.761. The minimum atomic E-state index is -0.120. The van der Waals surface area contributed by atoms with E-state index < -0.39 is 0 Å². The number of ether oxygens (including phenoxy) is 2. The summed E-state index contributed by atoms with van der Waals surface area (Å²) in [4.78, 5) is 0. The van der Waals surface area contributed by atoms with Crippen LogP contribution in [0.1, 0.15) is 11.6 Å². The summed E-state index contributed by atoms with van der Waals surface area (Å²) in [5.41, 5.74) is 0.920. The first-order valence-electron chi connectivity index (χ1n) is 4.76. The normalized spacial score (nSPS) is 12.3. The maximum absolute atomic E-state index is 9.18. The van der Waals surface area contributed by atoms with Gasteiger partial charge in [-0.2, -0.15) is 0 Å². The molecule has 0 amide bonds. The molecule has 4 heteroatoms. The molecular weight excluding hydrogens is 194 g/mol. The van der Waals surface area contributed by atoms with Crippen LogP contribution in [-0.2, 0) is 0 Å². The predicted octanol–water partition coefficient (Wildman–Crippen LogP) is 0.957. The first-order valence-corrected chi connectivity index (χ1v) is 4.76. The molecule has 0 aliphatic carbocycles. The topological polar surface area (TPSA) is 50.7 Å². The van der Waals surface area contributed by atoms with Crippen LogP contribution in [0, 0.1) is 0 Å². The number of aliphatic hydroxyl groups is 1. The van der Waals surface area contributed by atoms with Gasteiger partial charge in [0.2, 0.25) is 0 Å². The summed E-state index contributed by atoms with van der Waals surface area (Å²) in [6, 6.07) is 5.41. The van der Waals surface area contributed by atoms with Crippen molar-refractivity contribution >= 4 is 0 Å². The second-order valence-corrected chi connectivity index (χ2v) is 3.13. The van der Waals surface area contributed by atoms with Crippen LogP contribution in [0.15, 0.2) is 18.2 Å². The smallest absolute Gasteiger partial charge is 0.127 e. The molecule has 0 radical (unpaired) electrons.